The van der Waals surface area contributed by atoms with Gasteiger partial charge >= 0.3 is 7.12 Å². The van der Waals surface area contributed by atoms with Gasteiger partial charge in [0.1, 0.15) is 0 Å². The van der Waals surface area contributed by atoms with Crippen LogP contribution in [-0.2, 0) is 14.7 Å². The highest BCUT2D eigenvalue weighted by molar-refractivity contribution is 6.61. The Labute approximate surface area is 365 Å². The molecule has 4 nitrogen and oxygen atoms in total. The zero-order chi connectivity index (χ0) is 42.4. The van der Waals surface area contributed by atoms with Crippen molar-refractivity contribution < 1.29 is 9.31 Å². The predicted octanol–water partition coefficient (Wildman–Crippen LogP) is 13.5. The summed E-state index contributed by atoms with van der Waals surface area (Å²) >= 11 is 0. The summed E-state index contributed by atoms with van der Waals surface area (Å²) in [7, 11) is -0.534. The largest absolute Gasteiger partial charge is 0.514 e. The van der Waals surface area contributed by atoms with E-state index in [9.17, 15) is 0 Å². The molecule has 8 aromatic rings. The Kier molecular flexibility index (Phi) is 8.70. The molecule has 300 valence electrons. The number of rotatable bonds is 6. The Hall–Kier alpha value is -6.79. The van der Waals surface area contributed by atoms with Gasteiger partial charge in [0.25, 0.3) is 0 Å². The van der Waals surface area contributed by atoms with Crippen LogP contribution in [0.4, 0.5) is 17.1 Å². The van der Waals surface area contributed by atoms with Crippen molar-refractivity contribution in [3.05, 3.63) is 216 Å². The Bertz CT molecular complexity index is 3070. The van der Waals surface area contributed by atoms with Crippen molar-refractivity contribution in [2.75, 3.05) is 4.90 Å². The van der Waals surface area contributed by atoms with Crippen molar-refractivity contribution in [3.63, 3.8) is 0 Å². The van der Waals surface area contributed by atoms with Crippen LogP contribution in [0.2, 0.25) is 0 Å². The van der Waals surface area contributed by atoms with Gasteiger partial charge in [-0.2, -0.15) is 0 Å². The van der Waals surface area contributed by atoms with Crippen LogP contribution in [0.1, 0.15) is 61.1 Å². The fourth-order valence-corrected chi connectivity index (χ4v) is 10.4. The van der Waals surface area contributed by atoms with Crippen LogP contribution in [0.25, 0.3) is 50.2 Å². The van der Waals surface area contributed by atoms with E-state index < -0.39 is 23.7 Å². The van der Waals surface area contributed by atoms with Gasteiger partial charge in [0.2, 0.25) is 0 Å². The highest BCUT2D eigenvalue weighted by atomic mass is 16.7. The van der Waals surface area contributed by atoms with E-state index >= 15 is 0 Å². The van der Waals surface area contributed by atoms with Crippen molar-refractivity contribution >= 4 is 46.6 Å². The van der Waals surface area contributed by atoms with Crippen LogP contribution in [0.3, 0.4) is 0 Å². The number of fused-ring (bicyclic) bond motifs is 10. The van der Waals surface area contributed by atoms with Crippen LogP contribution >= 0.6 is 0 Å². The molecular formula is C57H47BN2O2. The summed E-state index contributed by atoms with van der Waals surface area (Å²) in [5, 5.41) is 2.35. The summed E-state index contributed by atoms with van der Waals surface area (Å²) in [5.74, 6) is 0. The van der Waals surface area contributed by atoms with Crippen molar-refractivity contribution in [1.82, 2.24) is 4.98 Å². The lowest BCUT2D eigenvalue weighted by atomic mass is 9.64. The van der Waals surface area contributed by atoms with Gasteiger partial charge in [-0.15, -0.1) is 0 Å². The molecule has 0 unspecified atom stereocenters. The Morgan fingerprint density at radius 3 is 1.79 bits per heavy atom. The molecule has 1 fully saturated rings. The second-order valence-electron chi connectivity index (χ2n) is 17.8. The standard InChI is InChI=1S/C57H47BN2O2/c1-7-8-22-41-37(2)53(44-24-12-13-25-45(44)54(41)39-32-34-52(59-36-39)58-61-55(3,4)56(5,6)62-58)38-31-33-43-42-23-14-15-26-46(42)57(49(43)35-38)47-27-16-18-29-50(47)60(40-20-10-9-11-21-40)51-30-19-17-28-48(51)57/h7-36H,1H2,2-6H3/b22-8-. The monoisotopic (exact) mass is 802 g/mol. The first kappa shape index (κ1) is 38.2. The van der Waals surface area contributed by atoms with Crippen LogP contribution in [0.15, 0.2) is 183 Å². The predicted molar refractivity (Wildman–Crippen MR) is 258 cm³/mol. The fraction of sp³-hybridized carbons (Fsp3) is 0.140. The summed E-state index contributed by atoms with van der Waals surface area (Å²) in [6, 6.07) is 58.0. The summed E-state index contributed by atoms with van der Waals surface area (Å²) in [6.07, 6.45) is 8.07. The van der Waals surface area contributed by atoms with Crippen LogP contribution in [-0.4, -0.2) is 23.3 Å². The minimum atomic E-state index is -0.555. The molecule has 1 saturated heterocycles. The molecule has 7 aromatic carbocycles. The van der Waals surface area contributed by atoms with Crippen LogP contribution in [0.5, 0.6) is 0 Å². The lowest BCUT2D eigenvalue weighted by Gasteiger charge is -2.45. The second kappa shape index (κ2) is 14.1. The molecule has 2 aliphatic heterocycles. The van der Waals surface area contributed by atoms with Crippen molar-refractivity contribution in [3.8, 4) is 33.4 Å². The quantitative estimate of drug-likeness (QED) is 0.124. The minimum absolute atomic E-state index is 0.448. The maximum absolute atomic E-state index is 6.38. The third kappa shape index (κ3) is 5.45. The molecule has 3 aliphatic rings. The molecule has 0 saturated carbocycles. The molecule has 0 amide bonds. The molecule has 3 heterocycles. The first-order chi connectivity index (χ1) is 30.1. The Morgan fingerprint density at radius 2 is 1.15 bits per heavy atom. The van der Waals surface area contributed by atoms with Crippen molar-refractivity contribution in [2.45, 2.75) is 51.2 Å². The molecule has 1 spiro atoms. The smallest absolute Gasteiger partial charge is 0.398 e. The van der Waals surface area contributed by atoms with E-state index in [0.29, 0.717) is 0 Å². The Balaban J connectivity index is 1.14. The van der Waals surface area contributed by atoms with Gasteiger partial charge < -0.3 is 14.2 Å². The first-order valence-electron chi connectivity index (χ1n) is 21.6. The van der Waals surface area contributed by atoms with Gasteiger partial charge in [-0.1, -0.05) is 146 Å². The lowest BCUT2D eigenvalue weighted by Crippen LogP contribution is -2.41. The molecule has 62 heavy (non-hydrogen) atoms. The van der Waals surface area contributed by atoms with E-state index in [2.05, 4.69) is 204 Å². The third-order valence-electron chi connectivity index (χ3n) is 13.9. The summed E-state index contributed by atoms with van der Waals surface area (Å²) in [5.41, 5.74) is 17.4. The van der Waals surface area contributed by atoms with E-state index in [1.54, 1.807) is 0 Å². The van der Waals surface area contributed by atoms with Gasteiger partial charge in [0, 0.05) is 17.4 Å². The number of aromatic nitrogens is 1. The van der Waals surface area contributed by atoms with E-state index in [0.717, 1.165) is 33.4 Å². The van der Waals surface area contributed by atoms with E-state index in [1.165, 1.54) is 66.8 Å². The van der Waals surface area contributed by atoms with Gasteiger partial charge in [-0.05, 0) is 143 Å². The van der Waals surface area contributed by atoms with Gasteiger partial charge in [0.05, 0.1) is 33.6 Å². The van der Waals surface area contributed by atoms with Gasteiger partial charge in [0.15, 0.2) is 0 Å². The van der Waals surface area contributed by atoms with Gasteiger partial charge in [-0.3, -0.25) is 4.98 Å². The summed E-state index contributed by atoms with van der Waals surface area (Å²) < 4.78 is 12.8. The van der Waals surface area contributed by atoms with E-state index in [4.69, 9.17) is 14.3 Å². The second-order valence-corrected chi connectivity index (χ2v) is 17.8. The molecule has 0 N–H and O–H groups in total. The van der Waals surface area contributed by atoms with Crippen molar-refractivity contribution in [1.29, 1.82) is 0 Å². The van der Waals surface area contributed by atoms with Crippen LogP contribution < -0.4 is 10.5 Å². The summed E-state index contributed by atoms with van der Waals surface area (Å²) in [4.78, 5) is 7.41. The summed E-state index contributed by atoms with van der Waals surface area (Å²) in [6.45, 7) is 14.6. The Morgan fingerprint density at radius 1 is 0.581 bits per heavy atom. The van der Waals surface area contributed by atoms with Crippen molar-refractivity contribution in [2.24, 2.45) is 0 Å². The number of hydrogen-bond donors (Lipinski definition) is 0. The normalized spacial score (nSPS) is 16.3. The number of para-hydroxylation sites is 3. The molecule has 0 bridgehead atoms. The SMILES string of the molecule is C=C/C=C\c1c(C)c(-c2ccc3c(c2)C2(c4ccccc4-3)c3ccccc3N(c3ccccc3)c3ccccc32)c2ccccc2c1-c1ccc(B2OC(C)(C)C(C)(C)O2)nc1. The van der Waals surface area contributed by atoms with E-state index in [-0.39, 0.29) is 0 Å². The van der Waals surface area contributed by atoms with Crippen LogP contribution in [0, 0.1) is 6.92 Å². The zero-order valence-corrected chi connectivity index (χ0v) is 35.8. The molecule has 5 heteroatoms. The highest BCUT2D eigenvalue weighted by Gasteiger charge is 2.53. The molecular weight excluding hydrogens is 755 g/mol. The zero-order valence-electron chi connectivity index (χ0n) is 35.8. The highest BCUT2D eigenvalue weighted by Crippen LogP contribution is 2.64. The molecule has 1 aromatic heterocycles. The minimum Gasteiger partial charge on any atom is -0.398 e. The molecule has 0 atom stereocenters. The van der Waals surface area contributed by atoms with E-state index in [1.807, 2.05) is 24.4 Å². The fourth-order valence-electron chi connectivity index (χ4n) is 10.4. The maximum Gasteiger partial charge on any atom is 0.514 e. The number of pyridine rings is 1. The first-order valence-corrected chi connectivity index (χ1v) is 21.6. The average Bonchev–Trinajstić information content (AvgIpc) is 3.71. The number of hydrogen-bond acceptors (Lipinski definition) is 4. The number of anilines is 3. The third-order valence-corrected chi connectivity index (χ3v) is 13.9. The number of benzene rings is 7. The topological polar surface area (TPSA) is 34.6 Å². The lowest BCUT2D eigenvalue weighted by molar-refractivity contribution is 0.00578. The average molecular weight is 803 g/mol. The van der Waals surface area contributed by atoms with Gasteiger partial charge in [-0.25, -0.2) is 0 Å². The molecule has 1 aliphatic carbocycles. The molecule has 0 radical (unpaired) electrons. The number of allylic oxidation sites excluding steroid dienone is 2. The number of nitrogens with zero attached hydrogens (tertiary/aromatic N) is 2. The molecule has 11 rings (SSSR count). The maximum atomic E-state index is 6.38.